The Balaban J connectivity index is 4.80. The van der Waals surface area contributed by atoms with Gasteiger partial charge >= 0.3 is 0 Å². The number of carbonyl (C=O) groups is 1. The zero-order chi connectivity index (χ0) is 44.9. The predicted molar refractivity (Wildman–Crippen MR) is 277 cm³/mol. The zero-order valence-electron chi connectivity index (χ0n) is 43.1. The first-order valence-electron chi connectivity index (χ1n) is 28.2. The Hall–Kier alpha value is -1.09. The molecule has 0 aliphatic carbocycles. The normalized spacial score (nSPS) is 13.1. The van der Waals surface area contributed by atoms with Gasteiger partial charge in [0.1, 0.15) is 5.78 Å². The second-order valence-corrected chi connectivity index (χ2v) is 19.9. The van der Waals surface area contributed by atoms with Crippen molar-refractivity contribution in [1.82, 2.24) is 10.2 Å². The van der Waals surface area contributed by atoms with Gasteiger partial charge in [0.15, 0.2) is 0 Å². The summed E-state index contributed by atoms with van der Waals surface area (Å²) in [5.74, 6) is 1.67. The monoisotopic (exact) mass is 855 g/mol. The Kier molecular flexibility index (Phi) is 46.1. The Labute approximate surface area is 386 Å². The molecule has 0 aliphatic heterocycles. The molecule has 1 N–H and O–H groups in total. The van der Waals surface area contributed by atoms with E-state index in [2.05, 4.69) is 58.5 Å². The van der Waals surface area contributed by atoms with E-state index >= 15 is 0 Å². The maximum absolute atomic E-state index is 13.1. The molecular formula is C58H114N2O. The maximum atomic E-state index is 13.1. The first-order valence-corrected chi connectivity index (χ1v) is 28.2. The number of allylic oxidation sites excluding steroid dienone is 2. The number of hydrogen-bond donors (Lipinski definition) is 1. The van der Waals surface area contributed by atoms with Crippen LogP contribution in [0.15, 0.2) is 24.4 Å². The van der Waals surface area contributed by atoms with Gasteiger partial charge in [-0.1, -0.05) is 240 Å². The highest BCUT2D eigenvalue weighted by Gasteiger charge is 2.20. The van der Waals surface area contributed by atoms with E-state index in [1.165, 1.54) is 255 Å². The van der Waals surface area contributed by atoms with Gasteiger partial charge in [-0.2, -0.15) is 0 Å². The summed E-state index contributed by atoms with van der Waals surface area (Å²) < 4.78 is 0. The third kappa shape index (κ3) is 36.9. The third-order valence-corrected chi connectivity index (χ3v) is 14.2. The molecule has 362 valence electrons. The molecule has 61 heavy (non-hydrogen) atoms. The van der Waals surface area contributed by atoms with E-state index in [9.17, 15) is 4.79 Å². The van der Waals surface area contributed by atoms with Crippen molar-refractivity contribution in [2.45, 2.75) is 310 Å². The summed E-state index contributed by atoms with van der Waals surface area (Å²) in [4.78, 5) is 15.9. The third-order valence-electron chi connectivity index (χ3n) is 14.2. The van der Waals surface area contributed by atoms with Crippen LogP contribution in [0.2, 0.25) is 0 Å². The molecule has 3 nitrogen and oxygen atoms in total. The first-order chi connectivity index (χ1) is 29.9. The van der Waals surface area contributed by atoms with Crippen LogP contribution < -0.4 is 5.32 Å². The minimum atomic E-state index is 0.340. The summed E-state index contributed by atoms with van der Waals surface area (Å²) in [5, 5.41) is 3.42. The van der Waals surface area contributed by atoms with Crippen LogP contribution in [0.5, 0.6) is 0 Å². The van der Waals surface area contributed by atoms with Crippen molar-refractivity contribution in [3.05, 3.63) is 24.4 Å². The van der Waals surface area contributed by atoms with Crippen LogP contribution >= 0.6 is 0 Å². The zero-order valence-corrected chi connectivity index (χ0v) is 43.1. The van der Waals surface area contributed by atoms with Crippen LogP contribution in [0, 0.1) is 11.8 Å². The molecule has 0 saturated carbocycles. The molecule has 0 heterocycles. The fraction of sp³-hybridized carbons (Fsp3) is 0.914. The second-order valence-electron chi connectivity index (χ2n) is 19.9. The highest BCUT2D eigenvalue weighted by molar-refractivity contribution is 5.80. The van der Waals surface area contributed by atoms with Crippen molar-refractivity contribution < 1.29 is 4.79 Å². The smallest absolute Gasteiger partial charge is 0.135 e. The molecule has 0 amide bonds. The molecule has 0 aliphatic rings. The van der Waals surface area contributed by atoms with Gasteiger partial charge in [0.25, 0.3) is 0 Å². The number of nitrogens with zero attached hydrogens (tertiary/aromatic N) is 1. The fourth-order valence-corrected chi connectivity index (χ4v) is 9.92. The summed E-state index contributed by atoms with van der Waals surface area (Å²) >= 11 is 0. The number of carbonyl (C=O) groups excluding carboxylic acids is 1. The van der Waals surface area contributed by atoms with Gasteiger partial charge in [0.2, 0.25) is 0 Å². The average molecular weight is 856 g/mol. The first kappa shape index (κ1) is 59.9. The summed E-state index contributed by atoms with van der Waals surface area (Å²) in [7, 11) is 2.10. The molecule has 0 saturated heterocycles. The van der Waals surface area contributed by atoms with Crippen LogP contribution in [0.25, 0.3) is 0 Å². The van der Waals surface area contributed by atoms with Crippen molar-refractivity contribution in [3.63, 3.8) is 0 Å². The lowest BCUT2D eigenvalue weighted by atomic mass is 9.88. The Morgan fingerprint density at radius 1 is 0.426 bits per heavy atom. The fourth-order valence-electron chi connectivity index (χ4n) is 9.92. The number of ketones is 1. The number of hydrogen-bond acceptors (Lipinski definition) is 3. The van der Waals surface area contributed by atoms with Gasteiger partial charge in [-0.3, -0.25) is 4.79 Å². The SMILES string of the molecule is C=C(CCCCCCCCCCC(CCCCCCCCCCC(=O)C(CCCC)CCCCCC)N(CCCNC)C(=C)CCCCCCCC)C(CC)CCCCCC. The molecule has 0 fully saturated rings. The van der Waals surface area contributed by atoms with E-state index in [0.29, 0.717) is 17.7 Å². The van der Waals surface area contributed by atoms with Gasteiger partial charge in [-0.05, 0) is 96.6 Å². The van der Waals surface area contributed by atoms with Gasteiger partial charge in [-0.15, -0.1) is 0 Å². The largest absolute Gasteiger partial charge is 0.372 e. The van der Waals surface area contributed by atoms with Crippen LogP contribution in [0.3, 0.4) is 0 Å². The van der Waals surface area contributed by atoms with Crippen LogP contribution in [-0.2, 0) is 4.79 Å². The van der Waals surface area contributed by atoms with E-state index in [1.807, 2.05) is 0 Å². The minimum Gasteiger partial charge on any atom is -0.372 e. The molecule has 0 aromatic heterocycles. The van der Waals surface area contributed by atoms with E-state index in [4.69, 9.17) is 6.58 Å². The van der Waals surface area contributed by atoms with Crippen molar-refractivity contribution in [2.75, 3.05) is 20.1 Å². The summed E-state index contributed by atoms with van der Waals surface area (Å²) in [6.07, 6.45) is 54.8. The van der Waals surface area contributed by atoms with Crippen molar-refractivity contribution in [3.8, 4) is 0 Å². The van der Waals surface area contributed by atoms with Crippen LogP contribution in [-0.4, -0.2) is 36.9 Å². The minimum absolute atomic E-state index is 0.340. The summed E-state index contributed by atoms with van der Waals surface area (Å²) in [5.41, 5.74) is 2.96. The standard InChI is InChI=1S/C58H114N2O/c1-9-14-18-21-31-36-44-54(7)60(52-42-51-59-8)57(48-39-32-27-23-22-26-30-35-43-53(6)55(13-5)46-37-19-15-10-2)49-40-33-28-24-25-29-34-41-50-58(61)56(45-17-12-4)47-38-20-16-11-3/h55-57,59H,6-7,9-52H2,1-5,8H3. The highest BCUT2D eigenvalue weighted by Crippen LogP contribution is 2.28. The average Bonchev–Trinajstić information content (AvgIpc) is 3.26. The van der Waals surface area contributed by atoms with E-state index in [1.54, 1.807) is 0 Å². The van der Waals surface area contributed by atoms with E-state index in [0.717, 1.165) is 44.7 Å². The molecule has 0 aromatic carbocycles. The molecule has 0 bridgehead atoms. The van der Waals surface area contributed by atoms with Crippen LogP contribution in [0.1, 0.15) is 304 Å². The topological polar surface area (TPSA) is 32.3 Å². The molecule has 3 unspecified atom stereocenters. The van der Waals surface area contributed by atoms with E-state index in [-0.39, 0.29) is 0 Å². The number of nitrogens with one attached hydrogen (secondary N) is 1. The van der Waals surface area contributed by atoms with Crippen molar-refractivity contribution in [2.24, 2.45) is 11.8 Å². The van der Waals surface area contributed by atoms with Crippen molar-refractivity contribution in [1.29, 1.82) is 0 Å². The quantitative estimate of drug-likeness (QED) is 0.0489. The van der Waals surface area contributed by atoms with Gasteiger partial charge in [0.05, 0.1) is 0 Å². The lowest BCUT2D eigenvalue weighted by molar-refractivity contribution is -0.123. The molecular weight excluding hydrogens is 741 g/mol. The van der Waals surface area contributed by atoms with Gasteiger partial charge in [-0.25, -0.2) is 0 Å². The Morgan fingerprint density at radius 3 is 1.28 bits per heavy atom. The number of rotatable bonds is 51. The Bertz CT molecular complexity index is 942. The lowest BCUT2D eigenvalue weighted by Crippen LogP contribution is -2.36. The van der Waals surface area contributed by atoms with Crippen molar-refractivity contribution >= 4 is 5.78 Å². The second kappa shape index (κ2) is 46.9. The molecule has 3 heteroatoms. The molecule has 0 radical (unpaired) electrons. The summed E-state index contributed by atoms with van der Waals surface area (Å²) in [6.45, 7) is 23.0. The molecule has 3 atom stereocenters. The number of unbranched alkanes of at least 4 members (excludes halogenated alkanes) is 26. The highest BCUT2D eigenvalue weighted by atomic mass is 16.1. The molecule has 0 rings (SSSR count). The summed E-state index contributed by atoms with van der Waals surface area (Å²) in [6, 6.07) is 0.654. The molecule has 0 aromatic rings. The lowest BCUT2D eigenvalue weighted by Gasteiger charge is -2.36. The molecule has 0 spiro atoms. The van der Waals surface area contributed by atoms with E-state index < -0.39 is 0 Å². The number of Topliss-reactive ketones (excluding diaryl/α,β-unsaturated/α-hetero) is 1. The maximum Gasteiger partial charge on any atom is 0.135 e. The van der Waals surface area contributed by atoms with Crippen LogP contribution in [0.4, 0.5) is 0 Å². The van der Waals surface area contributed by atoms with Gasteiger partial charge < -0.3 is 10.2 Å². The predicted octanol–water partition coefficient (Wildman–Crippen LogP) is 19.2. The Morgan fingerprint density at radius 2 is 0.803 bits per heavy atom. The van der Waals surface area contributed by atoms with Gasteiger partial charge in [0, 0.05) is 30.6 Å².